The summed E-state index contributed by atoms with van der Waals surface area (Å²) in [6.45, 7) is 0.779. The molecule has 0 saturated carbocycles. The normalized spacial score (nSPS) is 16.1. The van der Waals surface area contributed by atoms with Crippen LogP contribution in [0.2, 0.25) is 0 Å². The second-order valence-electron chi connectivity index (χ2n) is 5.94. The maximum Gasteiger partial charge on any atom is 0.230 e. The average molecular weight is 323 g/mol. The number of oxazole rings is 2. The van der Waals surface area contributed by atoms with Crippen LogP contribution in [0.25, 0.3) is 0 Å². The van der Waals surface area contributed by atoms with Crippen LogP contribution >= 0.6 is 0 Å². The van der Waals surface area contributed by atoms with Crippen molar-refractivity contribution in [3.05, 3.63) is 72.1 Å². The zero-order chi connectivity index (χ0) is 16.4. The molecule has 3 aromatic rings. The van der Waals surface area contributed by atoms with E-state index in [0.29, 0.717) is 13.1 Å². The van der Waals surface area contributed by atoms with Crippen molar-refractivity contribution in [2.75, 3.05) is 0 Å². The first-order valence-electron chi connectivity index (χ1n) is 7.92. The molecular weight excluding hydrogens is 306 g/mol. The van der Waals surface area contributed by atoms with Crippen molar-refractivity contribution in [1.82, 2.24) is 14.9 Å². The molecule has 0 spiro atoms. The molecular formula is C18H17N3O3. The van der Waals surface area contributed by atoms with E-state index in [-0.39, 0.29) is 11.8 Å². The lowest BCUT2D eigenvalue weighted by Gasteiger charge is -2.24. The molecule has 1 aliphatic rings. The van der Waals surface area contributed by atoms with Gasteiger partial charge in [0.1, 0.15) is 12.5 Å². The highest BCUT2D eigenvalue weighted by Gasteiger charge is 2.32. The number of aryl methyl sites for hydroxylation is 1. The maximum absolute atomic E-state index is 13.2. The molecule has 122 valence electrons. The molecule has 4 rings (SSSR count). The molecule has 1 aromatic carbocycles. The summed E-state index contributed by atoms with van der Waals surface area (Å²) in [5, 5.41) is 0. The highest BCUT2D eigenvalue weighted by atomic mass is 16.3. The van der Waals surface area contributed by atoms with Crippen LogP contribution in [0.5, 0.6) is 0 Å². The van der Waals surface area contributed by atoms with E-state index >= 15 is 0 Å². The summed E-state index contributed by atoms with van der Waals surface area (Å²) >= 11 is 0. The zero-order valence-electron chi connectivity index (χ0n) is 13.1. The van der Waals surface area contributed by atoms with E-state index in [1.54, 1.807) is 17.4 Å². The maximum atomic E-state index is 13.2. The first-order valence-corrected chi connectivity index (χ1v) is 7.92. The SMILES string of the molecule is O=C([C@H]1CCc2ccccc21)N(Cc1cocn1)Cc1cocn1. The molecule has 2 heterocycles. The van der Waals surface area contributed by atoms with E-state index < -0.39 is 0 Å². The van der Waals surface area contributed by atoms with Crippen molar-refractivity contribution < 1.29 is 13.6 Å². The Morgan fingerprint density at radius 3 is 2.38 bits per heavy atom. The monoisotopic (exact) mass is 323 g/mol. The van der Waals surface area contributed by atoms with Gasteiger partial charge in [0.2, 0.25) is 5.91 Å². The first kappa shape index (κ1) is 14.7. The standard InChI is InChI=1S/C18H17N3O3/c22-18(17-6-5-13-3-1-2-4-16(13)17)21(7-14-9-23-11-19-14)8-15-10-24-12-20-15/h1-4,9-12,17H,5-8H2/t17-/m0/s1. The van der Waals surface area contributed by atoms with Crippen LogP contribution in [0.1, 0.15) is 34.9 Å². The molecule has 24 heavy (non-hydrogen) atoms. The Morgan fingerprint density at radius 1 is 1.08 bits per heavy atom. The zero-order valence-corrected chi connectivity index (χ0v) is 13.1. The lowest BCUT2D eigenvalue weighted by atomic mass is 9.99. The summed E-state index contributed by atoms with van der Waals surface area (Å²) in [7, 11) is 0. The second kappa shape index (κ2) is 6.31. The third kappa shape index (κ3) is 2.82. The molecule has 0 radical (unpaired) electrons. The number of hydrogen-bond donors (Lipinski definition) is 0. The van der Waals surface area contributed by atoms with Gasteiger partial charge >= 0.3 is 0 Å². The molecule has 0 N–H and O–H groups in total. The van der Waals surface area contributed by atoms with Gasteiger partial charge < -0.3 is 13.7 Å². The van der Waals surface area contributed by atoms with Gasteiger partial charge in [0.25, 0.3) is 0 Å². The Labute approximate surface area is 139 Å². The van der Waals surface area contributed by atoms with Crippen molar-refractivity contribution in [2.45, 2.75) is 31.8 Å². The third-order valence-corrected chi connectivity index (χ3v) is 4.42. The van der Waals surface area contributed by atoms with Crippen molar-refractivity contribution >= 4 is 5.91 Å². The summed E-state index contributed by atoms with van der Waals surface area (Å²) in [4.78, 5) is 23.2. The van der Waals surface area contributed by atoms with E-state index in [2.05, 4.69) is 22.1 Å². The predicted molar refractivity (Wildman–Crippen MR) is 84.8 cm³/mol. The van der Waals surface area contributed by atoms with Crippen molar-refractivity contribution in [2.24, 2.45) is 0 Å². The average Bonchev–Trinajstić information content (AvgIpc) is 3.35. The van der Waals surface area contributed by atoms with Gasteiger partial charge in [0.15, 0.2) is 12.8 Å². The fraction of sp³-hybridized carbons (Fsp3) is 0.278. The fourth-order valence-electron chi connectivity index (χ4n) is 3.27. The molecule has 6 nitrogen and oxygen atoms in total. The molecule has 1 amide bonds. The number of rotatable bonds is 5. The number of hydrogen-bond acceptors (Lipinski definition) is 5. The summed E-state index contributed by atoms with van der Waals surface area (Å²) in [6, 6.07) is 8.16. The largest absolute Gasteiger partial charge is 0.451 e. The Balaban J connectivity index is 1.59. The lowest BCUT2D eigenvalue weighted by molar-refractivity contribution is -0.134. The number of benzene rings is 1. The van der Waals surface area contributed by atoms with E-state index in [1.165, 1.54) is 18.4 Å². The molecule has 0 bridgehead atoms. The van der Waals surface area contributed by atoms with Crippen LogP contribution in [0.4, 0.5) is 0 Å². The van der Waals surface area contributed by atoms with Crippen LogP contribution < -0.4 is 0 Å². The Hall–Kier alpha value is -2.89. The molecule has 1 aliphatic carbocycles. The summed E-state index contributed by atoms with van der Waals surface area (Å²) in [6.07, 6.45) is 7.65. The molecule has 0 aliphatic heterocycles. The quantitative estimate of drug-likeness (QED) is 0.722. The van der Waals surface area contributed by atoms with E-state index in [4.69, 9.17) is 8.83 Å². The van der Waals surface area contributed by atoms with Gasteiger partial charge in [0.05, 0.1) is 30.4 Å². The van der Waals surface area contributed by atoms with Crippen LogP contribution in [-0.4, -0.2) is 20.8 Å². The van der Waals surface area contributed by atoms with Gasteiger partial charge in [-0.15, -0.1) is 0 Å². The highest BCUT2D eigenvalue weighted by molar-refractivity contribution is 5.85. The Bertz CT molecular complexity index is 776. The van der Waals surface area contributed by atoms with E-state index in [9.17, 15) is 4.79 Å². The smallest absolute Gasteiger partial charge is 0.230 e. The van der Waals surface area contributed by atoms with Gasteiger partial charge in [-0.1, -0.05) is 24.3 Å². The number of carbonyl (C=O) groups excluding carboxylic acids is 1. The topological polar surface area (TPSA) is 72.4 Å². The van der Waals surface area contributed by atoms with Gasteiger partial charge in [-0.3, -0.25) is 4.79 Å². The van der Waals surface area contributed by atoms with Crippen molar-refractivity contribution in [1.29, 1.82) is 0 Å². The number of amides is 1. The van der Waals surface area contributed by atoms with Crippen LogP contribution in [-0.2, 0) is 24.3 Å². The highest BCUT2D eigenvalue weighted by Crippen LogP contribution is 2.34. The molecule has 2 aromatic heterocycles. The van der Waals surface area contributed by atoms with Crippen LogP contribution in [0.3, 0.4) is 0 Å². The number of aromatic nitrogens is 2. The predicted octanol–water partition coefficient (Wildman–Crippen LogP) is 2.92. The van der Waals surface area contributed by atoms with Gasteiger partial charge in [0, 0.05) is 0 Å². The van der Waals surface area contributed by atoms with Crippen LogP contribution in [0, 0.1) is 0 Å². The lowest BCUT2D eigenvalue weighted by Crippen LogP contribution is -2.34. The number of nitrogens with zero attached hydrogens (tertiary/aromatic N) is 3. The Morgan fingerprint density at radius 2 is 1.75 bits per heavy atom. The molecule has 0 saturated heterocycles. The van der Waals surface area contributed by atoms with Gasteiger partial charge in [-0.2, -0.15) is 0 Å². The summed E-state index contributed by atoms with van der Waals surface area (Å²) < 4.78 is 10.1. The molecule has 1 atom stereocenters. The van der Waals surface area contributed by atoms with E-state index in [1.807, 2.05) is 12.1 Å². The number of fused-ring (bicyclic) bond motifs is 1. The minimum absolute atomic E-state index is 0.0888. The fourth-order valence-corrected chi connectivity index (χ4v) is 3.27. The first-order chi connectivity index (χ1) is 11.8. The molecule has 6 heteroatoms. The number of carbonyl (C=O) groups is 1. The van der Waals surface area contributed by atoms with Crippen molar-refractivity contribution in [3.63, 3.8) is 0 Å². The second-order valence-corrected chi connectivity index (χ2v) is 5.94. The summed E-state index contributed by atoms with van der Waals surface area (Å²) in [5.41, 5.74) is 3.84. The minimum atomic E-state index is -0.111. The van der Waals surface area contributed by atoms with Gasteiger partial charge in [-0.25, -0.2) is 9.97 Å². The summed E-state index contributed by atoms with van der Waals surface area (Å²) in [5.74, 6) is -0.0223. The van der Waals surface area contributed by atoms with Crippen LogP contribution in [0.15, 0.2) is 58.4 Å². The van der Waals surface area contributed by atoms with Crippen molar-refractivity contribution in [3.8, 4) is 0 Å². The molecule has 0 unspecified atom stereocenters. The molecule has 0 fully saturated rings. The Kier molecular flexibility index (Phi) is 3.86. The van der Waals surface area contributed by atoms with Gasteiger partial charge in [-0.05, 0) is 24.0 Å². The van der Waals surface area contributed by atoms with E-state index in [0.717, 1.165) is 29.8 Å². The third-order valence-electron chi connectivity index (χ3n) is 4.42. The minimum Gasteiger partial charge on any atom is -0.451 e.